The van der Waals surface area contributed by atoms with Crippen LogP contribution in [0.3, 0.4) is 0 Å². The van der Waals surface area contributed by atoms with Crippen molar-refractivity contribution < 1.29 is 14.3 Å². The SMILES string of the molecule is C=CC(=O)N1CCO[C@@H](C)C1.COc1nc(-c2cnn(C)c2)cn2nccc12. The molecular formula is C19H24N6O3. The number of morpholine rings is 1. The van der Waals surface area contributed by atoms with Gasteiger partial charge in [0.25, 0.3) is 0 Å². The Kier molecular flexibility index (Phi) is 6.05. The standard InChI is InChI=1S/C11H11N5O.C8H13NO2/c1-15-6-8(5-13-15)9-7-16-10(3-4-12-16)11(14-9)17-2;1-3-8(10)9-4-5-11-7(2)6-9/h3-7H,1-2H3;3,7H,1,4-6H2,2H3/t;7-/m.0/s1. The summed E-state index contributed by atoms with van der Waals surface area (Å²) in [7, 11) is 3.47. The fraction of sp³-hybridized carbons (Fsp3) is 0.368. The first kappa shape index (κ1) is 19.6. The van der Waals surface area contributed by atoms with Gasteiger partial charge in [0.15, 0.2) is 0 Å². The first-order chi connectivity index (χ1) is 13.5. The van der Waals surface area contributed by atoms with E-state index in [2.05, 4.69) is 21.8 Å². The van der Waals surface area contributed by atoms with Crippen molar-refractivity contribution >= 4 is 11.4 Å². The maximum atomic E-state index is 11.1. The molecule has 1 amide bonds. The van der Waals surface area contributed by atoms with E-state index >= 15 is 0 Å². The molecule has 0 aliphatic carbocycles. The molecule has 4 rings (SSSR count). The summed E-state index contributed by atoms with van der Waals surface area (Å²) in [5, 5.41) is 8.31. The molecular weight excluding hydrogens is 360 g/mol. The van der Waals surface area contributed by atoms with Crippen LogP contribution in [0.1, 0.15) is 6.92 Å². The molecule has 28 heavy (non-hydrogen) atoms. The number of carbonyl (C=O) groups excluding carboxylic acids is 1. The lowest BCUT2D eigenvalue weighted by atomic mass is 10.3. The molecule has 1 atom stereocenters. The van der Waals surface area contributed by atoms with E-state index < -0.39 is 0 Å². The van der Waals surface area contributed by atoms with Crippen LogP contribution in [0.15, 0.2) is 43.5 Å². The molecule has 0 saturated carbocycles. The highest BCUT2D eigenvalue weighted by Gasteiger charge is 2.18. The lowest BCUT2D eigenvalue weighted by Crippen LogP contribution is -2.43. The van der Waals surface area contributed by atoms with Gasteiger partial charge in [-0.3, -0.25) is 9.48 Å². The van der Waals surface area contributed by atoms with Crippen molar-refractivity contribution in [2.24, 2.45) is 7.05 Å². The third-order valence-corrected chi connectivity index (χ3v) is 4.28. The minimum Gasteiger partial charge on any atom is -0.479 e. The second-order valence-corrected chi connectivity index (χ2v) is 6.37. The highest BCUT2D eigenvalue weighted by Crippen LogP contribution is 2.22. The smallest absolute Gasteiger partial charge is 0.246 e. The van der Waals surface area contributed by atoms with Crippen LogP contribution < -0.4 is 4.74 Å². The van der Waals surface area contributed by atoms with Gasteiger partial charge in [0, 0.05) is 31.9 Å². The van der Waals surface area contributed by atoms with Crippen molar-refractivity contribution in [2.45, 2.75) is 13.0 Å². The van der Waals surface area contributed by atoms with E-state index in [1.807, 2.05) is 32.4 Å². The number of aryl methyl sites for hydroxylation is 1. The quantitative estimate of drug-likeness (QED) is 0.637. The normalized spacial score (nSPS) is 16.4. The number of nitrogens with zero attached hydrogens (tertiary/aromatic N) is 6. The lowest BCUT2D eigenvalue weighted by Gasteiger charge is -2.30. The molecule has 9 heteroatoms. The lowest BCUT2D eigenvalue weighted by molar-refractivity contribution is -0.132. The Morgan fingerprint density at radius 1 is 1.39 bits per heavy atom. The average molecular weight is 384 g/mol. The van der Waals surface area contributed by atoms with Gasteiger partial charge in [-0.2, -0.15) is 10.2 Å². The van der Waals surface area contributed by atoms with E-state index in [0.717, 1.165) is 16.8 Å². The second kappa shape index (κ2) is 8.66. The van der Waals surface area contributed by atoms with Crippen LogP contribution in [0.5, 0.6) is 5.88 Å². The summed E-state index contributed by atoms with van der Waals surface area (Å²) in [5.74, 6) is 0.559. The molecule has 1 saturated heterocycles. The van der Waals surface area contributed by atoms with Gasteiger partial charge in [0.2, 0.25) is 11.8 Å². The van der Waals surface area contributed by atoms with Crippen molar-refractivity contribution in [3.05, 3.63) is 43.5 Å². The van der Waals surface area contributed by atoms with Crippen LogP contribution in [0, 0.1) is 0 Å². The van der Waals surface area contributed by atoms with Crippen LogP contribution >= 0.6 is 0 Å². The number of amides is 1. The molecule has 0 bridgehead atoms. The Balaban J connectivity index is 0.000000178. The Morgan fingerprint density at radius 3 is 2.86 bits per heavy atom. The Labute approximate surface area is 163 Å². The zero-order chi connectivity index (χ0) is 20.1. The molecule has 0 unspecified atom stereocenters. The van der Waals surface area contributed by atoms with E-state index in [0.29, 0.717) is 25.6 Å². The van der Waals surface area contributed by atoms with Crippen molar-refractivity contribution in [1.82, 2.24) is 29.3 Å². The number of carbonyl (C=O) groups is 1. The molecule has 1 aliphatic heterocycles. The molecule has 3 aromatic heterocycles. The summed E-state index contributed by atoms with van der Waals surface area (Å²) in [6, 6.07) is 1.86. The number of aromatic nitrogens is 5. The molecule has 0 spiro atoms. The van der Waals surface area contributed by atoms with Crippen molar-refractivity contribution in [1.29, 1.82) is 0 Å². The third-order valence-electron chi connectivity index (χ3n) is 4.28. The number of hydrogen-bond acceptors (Lipinski definition) is 6. The second-order valence-electron chi connectivity index (χ2n) is 6.37. The topological polar surface area (TPSA) is 86.8 Å². The van der Waals surface area contributed by atoms with Gasteiger partial charge in [-0.25, -0.2) is 9.50 Å². The van der Waals surface area contributed by atoms with Crippen LogP contribution in [0.4, 0.5) is 0 Å². The van der Waals surface area contributed by atoms with Gasteiger partial charge in [-0.1, -0.05) is 6.58 Å². The van der Waals surface area contributed by atoms with Gasteiger partial charge in [-0.05, 0) is 19.1 Å². The minimum absolute atomic E-state index is 0.000139. The van der Waals surface area contributed by atoms with Crippen molar-refractivity contribution in [2.75, 3.05) is 26.8 Å². The predicted molar refractivity (Wildman–Crippen MR) is 104 cm³/mol. The van der Waals surface area contributed by atoms with Gasteiger partial charge >= 0.3 is 0 Å². The predicted octanol–water partition coefficient (Wildman–Crippen LogP) is 1.56. The number of rotatable bonds is 3. The monoisotopic (exact) mass is 384 g/mol. The van der Waals surface area contributed by atoms with Gasteiger partial charge in [0.05, 0.1) is 44.1 Å². The molecule has 9 nitrogen and oxygen atoms in total. The number of ether oxygens (including phenoxy) is 2. The zero-order valence-electron chi connectivity index (χ0n) is 16.3. The van der Waals surface area contributed by atoms with E-state index in [4.69, 9.17) is 9.47 Å². The first-order valence-corrected chi connectivity index (χ1v) is 8.92. The van der Waals surface area contributed by atoms with Gasteiger partial charge in [0.1, 0.15) is 5.52 Å². The Morgan fingerprint density at radius 2 is 2.21 bits per heavy atom. The fourth-order valence-corrected chi connectivity index (χ4v) is 2.89. The maximum absolute atomic E-state index is 11.1. The zero-order valence-corrected chi connectivity index (χ0v) is 16.3. The third kappa shape index (κ3) is 4.37. The van der Waals surface area contributed by atoms with Crippen molar-refractivity contribution in [3.8, 4) is 17.1 Å². The number of methoxy groups -OCH3 is 1. The maximum Gasteiger partial charge on any atom is 0.246 e. The summed E-state index contributed by atoms with van der Waals surface area (Å²) in [6.45, 7) is 7.40. The van der Waals surface area contributed by atoms with Crippen LogP contribution in [-0.2, 0) is 16.6 Å². The van der Waals surface area contributed by atoms with Crippen LogP contribution in [0.2, 0.25) is 0 Å². The minimum atomic E-state index is 0.000139. The number of fused-ring (bicyclic) bond motifs is 1. The Hall–Kier alpha value is -3.20. The van der Waals surface area contributed by atoms with Gasteiger partial charge in [-0.15, -0.1) is 0 Å². The average Bonchev–Trinajstić information content (AvgIpc) is 3.35. The molecule has 1 aliphatic rings. The molecule has 4 heterocycles. The molecule has 3 aromatic rings. The first-order valence-electron chi connectivity index (χ1n) is 8.92. The summed E-state index contributed by atoms with van der Waals surface area (Å²) in [5.41, 5.74) is 2.56. The highest BCUT2D eigenvalue weighted by atomic mass is 16.5. The Bertz CT molecular complexity index is 964. The molecule has 0 radical (unpaired) electrons. The number of hydrogen-bond donors (Lipinski definition) is 0. The van der Waals surface area contributed by atoms with Crippen LogP contribution in [0.25, 0.3) is 16.8 Å². The largest absolute Gasteiger partial charge is 0.479 e. The van der Waals surface area contributed by atoms with Gasteiger partial charge < -0.3 is 14.4 Å². The molecule has 0 aromatic carbocycles. The van der Waals surface area contributed by atoms with E-state index in [-0.39, 0.29) is 12.0 Å². The van der Waals surface area contributed by atoms with E-state index in [1.165, 1.54) is 6.08 Å². The fourth-order valence-electron chi connectivity index (χ4n) is 2.89. The van der Waals surface area contributed by atoms with Crippen molar-refractivity contribution in [3.63, 3.8) is 0 Å². The summed E-state index contributed by atoms with van der Waals surface area (Å²) in [4.78, 5) is 17.3. The van der Waals surface area contributed by atoms with E-state index in [9.17, 15) is 4.79 Å². The highest BCUT2D eigenvalue weighted by molar-refractivity contribution is 5.87. The molecule has 0 N–H and O–H groups in total. The van der Waals surface area contributed by atoms with Crippen LogP contribution in [-0.4, -0.2) is 68.1 Å². The summed E-state index contributed by atoms with van der Waals surface area (Å²) >= 11 is 0. The summed E-state index contributed by atoms with van der Waals surface area (Å²) in [6.07, 6.45) is 8.74. The molecule has 148 valence electrons. The van der Waals surface area contributed by atoms with E-state index in [1.54, 1.807) is 33.6 Å². The molecule has 1 fully saturated rings. The summed E-state index contributed by atoms with van der Waals surface area (Å²) < 4.78 is 14.0.